The van der Waals surface area contributed by atoms with E-state index in [1.54, 1.807) is 6.08 Å². The van der Waals surface area contributed by atoms with Gasteiger partial charge in [0.25, 0.3) is 0 Å². The van der Waals surface area contributed by atoms with Crippen LogP contribution in [0.4, 0.5) is 0 Å². The zero-order valence-electron chi connectivity index (χ0n) is 8.04. The molecule has 2 nitrogen and oxygen atoms in total. The maximum atomic E-state index is 10.1. The number of hydrogen-bond acceptors (Lipinski definition) is 2. The Labute approximate surface area is 81.2 Å². The molecule has 13 heavy (non-hydrogen) atoms. The van der Waals surface area contributed by atoms with Gasteiger partial charge >= 0.3 is 8.56 Å². The molecule has 3 heteroatoms. The fourth-order valence-corrected chi connectivity index (χ4v) is 4.22. The van der Waals surface area contributed by atoms with Crippen molar-refractivity contribution in [1.29, 1.82) is 0 Å². The van der Waals surface area contributed by atoms with Crippen LogP contribution in [-0.2, 0) is 4.43 Å². The Kier molecular flexibility index (Phi) is 3.90. The van der Waals surface area contributed by atoms with E-state index in [4.69, 9.17) is 4.43 Å². The van der Waals surface area contributed by atoms with Crippen molar-refractivity contribution in [3.8, 4) is 0 Å². The second kappa shape index (κ2) is 4.74. The fourth-order valence-electron chi connectivity index (χ4n) is 1.76. The smallest absolute Gasteiger partial charge is 0.339 e. The Hall–Kier alpha value is -0.383. The van der Waals surface area contributed by atoms with Gasteiger partial charge in [-0.1, -0.05) is 12.2 Å². The zero-order valence-corrected chi connectivity index (χ0v) is 9.04. The highest BCUT2D eigenvalue weighted by Crippen LogP contribution is 2.28. The lowest BCUT2D eigenvalue weighted by Gasteiger charge is -2.34. The van der Waals surface area contributed by atoms with Crippen molar-refractivity contribution in [3.05, 3.63) is 25.3 Å². The summed E-state index contributed by atoms with van der Waals surface area (Å²) >= 11 is 0. The van der Waals surface area contributed by atoms with Gasteiger partial charge in [0.05, 0.1) is 6.10 Å². The molecule has 1 fully saturated rings. The van der Waals surface area contributed by atoms with E-state index in [1.807, 2.05) is 6.08 Å². The van der Waals surface area contributed by atoms with E-state index in [9.17, 15) is 4.80 Å². The summed E-state index contributed by atoms with van der Waals surface area (Å²) in [5.74, 6) is 0. The highest BCUT2D eigenvalue weighted by atomic mass is 28.4. The van der Waals surface area contributed by atoms with Crippen LogP contribution in [0, 0.1) is 0 Å². The third-order valence-corrected chi connectivity index (χ3v) is 5.21. The van der Waals surface area contributed by atoms with Crippen LogP contribution >= 0.6 is 0 Å². The van der Waals surface area contributed by atoms with Crippen LogP contribution in [0.3, 0.4) is 0 Å². The third-order valence-electron chi connectivity index (χ3n) is 2.37. The van der Waals surface area contributed by atoms with Crippen molar-refractivity contribution in [3.63, 3.8) is 0 Å². The van der Waals surface area contributed by atoms with Crippen LogP contribution in [-0.4, -0.2) is 19.5 Å². The first-order valence-electron chi connectivity index (χ1n) is 4.82. The van der Waals surface area contributed by atoms with Crippen LogP contribution in [0.2, 0.25) is 12.1 Å². The lowest BCUT2D eigenvalue weighted by molar-refractivity contribution is 0.118. The lowest BCUT2D eigenvalue weighted by atomic mass is 10.1. The van der Waals surface area contributed by atoms with Crippen molar-refractivity contribution in [2.75, 3.05) is 0 Å². The summed E-state index contributed by atoms with van der Waals surface area (Å²) in [5, 5.41) is 0. The molecule has 1 aliphatic rings. The minimum atomic E-state index is -2.40. The number of hydrogen-bond donors (Lipinski definition) is 1. The van der Waals surface area contributed by atoms with E-state index < -0.39 is 8.56 Å². The topological polar surface area (TPSA) is 29.5 Å². The molecule has 0 saturated carbocycles. The molecule has 74 valence electrons. The summed E-state index contributed by atoms with van der Waals surface area (Å²) in [5.41, 5.74) is 0. The molecule has 1 heterocycles. The third kappa shape index (κ3) is 3.10. The normalized spacial score (nSPS) is 34.1. The molecule has 0 radical (unpaired) electrons. The summed E-state index contributed by atoms with van der Waals surface area (Å²) in [6.45, 7) is 7.33. The standard InChI is InChI=1S/C10H18O2Si/c1-3-6-10-7-5-9-13(11,12-10)8-4-2/h3-4,10-11H,1-2,5-9H2. The fraction of sp³-hybridized carbons (Fsp3) is 0.600. The molecular formula is C10H18O2Si. The van der Waals surface area contributed by atoms with E-state index in [2.05, 4.69) is 13.2 Å². The number of allylic oxidation sites excluding steroid dienone is 1. The zero-order chi connectivity index (χ0) is 9.73. The molecule has 0 aromatic rings. The molecule has 0 bridgehead atoms. The molecule has 0 aliphatic carbocycles. The van der Waals surface area contributed by atoms with Gasteiger partial charge in [0.2, 0.25) is 0 Å². The minimum Gasteiger partial charge on any atom is -0.410 e. The predicted octanol–water partition coefficient (Wildman–Crippen LogP) is 2.36. The van der Waals surface area contributed by atoms with E-state index in [0.717, 1.165) is 25.3 Å². The Morgan fingerprint density at radius 1 is 1.46 bits per heavy atom. The van der Waals surface area contributed by atoms with Crippen molar-refractivity contribution in [1.82, 2.24) is 0 Å². The first-order chi connectivity index (χ1) is 6.20. The second-order valence-corrected chi connectivity index (χ2v) is 6.63. The second-order valence-electron chi connectivity index (χ2n) is 3.60. The van der Waals surface area contributed by atoms with Crippen molar-refractivity contribution >= 4 is 8.56 Å². The molecule has 0 spiro atoms. The van der Waals surface area contributed by atoms with Crippen LogP contribution in [0.15, 0.2) is 25.3 Å². The summed E-state index contributed by atoms with van der Waals surface area (Å²) in [6, 6.07) is 1.51. The maximum Gasteiger partial charge on any atom is 0.339 e. The van der Waals surface area contributed by atoms with E-state index in [-0.39, 0.29) is 6.10 Å². The van der Waals surface area contributed by atoms with Gasteiger partial charge in [-0.15, -0.1) is 13.2 Å². The Bertz CT molecular complexity index is 193. The van der Waals surface area contributed by atoms with E-state index >= 15 is 0 Å². The van der Waals surface area contributed by atoms with Gasteiger partial charge in [0.15, 0.2) is 0 Å². The molecule has 2 atom stereocenters. The summed E-state index contributed by atoms with van der Waals surface area (Å²) in [7, 11) is -2.40. The quantitative estimate of drug-likeness (QED) is 0.555. The summed E-state index contributed by atoms with van der Waals surface area (Å²) in [6.07, 6.45) is 6.81. The Morgan fingerprint density at radius 3 is 2.85 bits per heavy atom. The average molecular weight is 198 g/mol. The highest BCUT2D eigenvalue weighted by molar-refractivity contribution is 6.66. The van der Waals surface area contributed by atoms with Gasteiger partial charge in [-0.05, 0) is 25.3 Å². The van der Waals surface area contributed by atoms with Gasteiger partial charge in [0, 0.05) is 6.04 Å². The average Bonchev–Trinajstić information content (AvgIpc) is 2.04. The number of rotatable bonds is 4. The van der Waals surface area contributed by atoms with Crippen LogP contribution in [0.25, 0.3) is 0 Å². The SMILES string of the molecule is C=CCC1CCC[Si](O)(CC=C)O1. The minimum absolute atomic E-state index is 0.197. The van der Waals surface area contributed by atoms with E-state index in [1.165, 1.54) is 0 Å². The predicted molar refractivity (Wildman–Crippen MR) is 56.7 cm³/mol. The maximum absolute atomic E-state index is 10.1. The Balaban J connectivity index is 2.48. The monoisotopic (exact) mass is 198 g/mol. The van der Waals surface area contributed by atoms with E-state index in [0.29, 0.717) is 6.04 Å². The molecule has 1 rings (SSSR count). The summed E-state index contributed by atoms with van der Waals surface area (Å²) in [4.78, 5) is 10.1. The molecule has 0 amide bonds. The molecular weight excluding hydrogens is 180 g/mol. The molecule has 1 saturated heterocycles. The largest absolute Gasteiger partial charge is 0.410 e. The van der Waals surface area contributed by atoms with Crippen molar-refractivity contribution in [2.24, 2.45) is 0 Å². The van der Waals surface area contributed by atoms with Crippen LogP contribution < -0.4 is 0 Å². The molecule has 2 unspecified atom stereocenters. The van der Waals surface area contributed by atoms with Crippen LogP contribution in [0.1, 0.15) is 19.3 Å². The summed E-state index contributed by atoms with van der Waals surface area (Å²) < 4.78 is 5.71. The van der Waals surface area contributed by atoms with Gasteiger partial charge < -0.3 is 9.22 Å². The lowest BCUT2D eigenvalue weighted by Crippen LogP contribution is -2.44. The van der Waals surface area contributed by atoms with Crippen LogP contribution in [0.5, 0.6) is 0 Å². The molecule has 1 aliphatic heterocycles. The highest BCUT2D eigenvalue weighted by Gasteiger charge is 2.37. The first kappa shape index (κ1) is 10.7. The Morgan fingerprint density at radius 2 is 2.23 bits per heavy atom. The first-order valence-corrected chi connectivity index (χ1v) is 7.09. The van der Waals surface area contributed by atoms with Gasteiger partial charge in [-0.2, -0.15) is 0 Å². The van der Waals surface area contributed by atoms with Gasteiger partial charge in [0.1, 0.15) is 0 Å². The molecule has 1 N–H and O–H groups in total. The molecule has 0 aromatic heterocycles. The van der Waals surface area contributed by atoms with Crippen molar-refractivity contribution < 1.29 is 9.22 Å². The van der Waals surface area contributed by atoms with Crippen molar-refractivity contribution in [2.45, 2.75) is 37.5 Å². The molecule has 0 aromatic carbocycles. The van der Waals surface area contributed by atoms with Gasteiger partial charge in [-0.3, -0.25) is 0 Å². The van der Waals surface area contributed by atoms with Gasteiger partial charge in [-0.25, -0.2) is 0 Å².